The number of aromatic nitrogens is 1. The molecule has 1 aromatic heterocycles. The average molecular weight is 209 g/mol. The molecule has 0 spiro atoms. The van der Waals surface area contributed by atoms with E-state index in [-0.39, 0.29) is 6.61 Å². The molecule has 0 fully saturated rings. The van der Waals surface area contributed by atoms with Crippen LogP contribution in [0.2, 0.25) is 5.02 Å². The van der Waals surface area contributed by atoms with Gasteiger partial charge in [-0.15, -0.1) is 0 Å². The molecule has 72 valence electrons. The summed E-state index contributed by atoms with van der Waals surface area (Å²) in [6.45, 7) is -0.0429. The van der Waals surface area contributed by atoms with E-state index < -0.39 is 0 Å². The Morgan fingerprint density at radius 3 is 2.93 bits per heavy atom. The highest BCUT2D eigenvalue weighted by Gasteiger charge is 2.05. The Bertz CT molecular complexity index is 485. The fraction of sp³-hybridized carbons (Fsp3) is 0.100. The van der Waals surface area contributed by atoms with Gasteiger partial charge in [0.15, 0.2) is 0 Å². The number of aliphatic hydroxyl groups is 1. The summed E-state index contributed by atoms with van der Waals surface area (Å²) in [5, 5.41) is 10.5. The number of hydrogen-bond donors (Lipinski definition) is 2. The SMILES string of the molecule is Nc1cnc2c(Cl)ccc(CO)c2c1. The molecule has 1 aromatic carbocycles. The van der Waals surface area contributed by atoms with Crippen molar-refractivity contribution in [3.8, 4) is 0 Å². The lowest BCUT2D eigenvalue weighted by atomic mass is 10.1. The number of nitrogens with two attached hydrogens (primary N) is 1. The largest absolute Gasteiger partial charge is 0.397 e. The highest BCUT2D eigenvalue weighted by molar-refractivity contribution is 6.35. The zero-order chi connectivity index (χ0) is 10.1. The number of benzene rings is 1. The standard InChI is InChI=1S/C10H9ClN2O/c11-9-2-1-6(5-14)8-3-7(12)4-13-10(8)9/h1-4,14H,5,12H2. The summed E-state index contributed by atoms with van der Waals surface area (Å²) in [7, 11) is 0. The lowest BCUT2D eigenvalue weighted by molar-refractivity contribution is 0.283. The van der Waals surface area contributed by atoms with Crippen LogP contribution >= 0.6 is 11.6 Å². The van der Waals surface area contributed by atoms with Crippen LogP contribution in [0.5, 0.6) is 0 Å². The molecule has 4 heteroatoms. The van der Waals surface area contributed by atoms with Gasteiger partial charge in [-0.05, 0) is 17.7 Å². The predicted octanol–water partition coefficient (Wildman–Crippen LogP) is 1.96. The molecule has 0 bridgehead atoms. The zero-order valence-electron chi connectivity index (χ0n) is 7.37. The summed E-state index contributed by atoms with van der Waals surface area (Å²) in [6, 6.07) is 5.25. The van der Waals surface area contributed by atoms with Gasteiger partial charge in [-0.3, -0.25) is 4.98 Å². The van der Waals surface area contributed by atoms with Gasteiger partial charge in [-0.1, -0.05) is 17.7 Å². The van der Waals surface area contributed by atoms with Crippen LogP contribution in [-0.2, 0) is 6.61 Å². The Morgan fingerprint density at radius 2 is 2.21 bits per heavy atom. The van der Waals surface area contributed by atoms with Crippen LogP contribution in [0.1, 0.15) is 5.56 Å². The second-order valence-electron chi connectivity index (χ2n) is 3.03. The van der Waals surface area contributed by atoms with E-state index in [1.165, 1.54) is 0 Å². The van der Waals surface area contributed by atoms with Crippen molar-refractivity contribution in [2.75, 3.05) is 5.73 Å². The third kappa shape index (κ3) is 1.41. The van der Waals surface area contributed by atoms with Crippen LogP contribution in [0.15, 0.2) is 24.4 Å². The molecule has 0 amide bonds. The summed E-state index contributed by atoms with van der Waals surface area (Å²) in [5.74, 6) is 0. The second kappa shape index (κ2) is 3.44. The summed E-state index contributed by atoms with van der Waals surface area (Å²) in [5.41, 5.74) is 7.63. The Kier molecular flexibility index (Phi) is 2.27. The molecular weight excluding hydrogens is 200 g/mol. The fourth-order valence-corrected chi connectivity index (χ4v) is 1.61. The smallest absolute Gasteiger partial charge is 0.0893 e. The minimum Gasteiger partial charge on any atom is -0.397 e. The Morgan fingerprint density at radius 1 is 1.43 bits per heavy atom. The number of anilines is 1. The average Bonchev–Trinajstić information content (AvgIpc) is 2.18. The number of aliphatic hydroxyl groups excluding tert-OH is 1. The molecule has 0 aliphatic carbocycles. The summed E-state index contributed by atoms with van der Waals surface area (Å²) >= 11 is 5.95. The quantitative estimate of drug-likeness (QED) is 0.753. The van der Waals surface area contributed by atoms with Crippen molar-refractivity contribution in [1.29, 1.82) is 0 Å². The molecule has 0 saturated heterocycles. The van der Waals surface area contributed by atoms with Gasteiger partial charge in [0.1, 0.15) is 0 Å². The molecule has 0 radical (unpaired) electrons. The van der Waals surface area contributed by atoms with Crippen LogP contribution in [-0.4, -0.2) is 10.1 Å². The van der Waals surface area contributed by atoms with Gasteiger partial charge in [0.05, 0.1) is 29.0 Å². The van der Waals surface area contributed by atoms with Gasteiger partial charge in [-0.25, -0.2) is 0 Å². The number of halogens is 1. The first kappa shape index (κ1) is 9.24. The fourth-order valence-electron chi connectivity index (χ4n) is 1.40. The van der Waals surface area contributed by atoms with E-state index in [0.717, 1.165) is 10.9 Å². The molecule has 0 atom stereocenters. The Labute approximate surface area is 86.1 Å². The van der Waals surface area contributed by atoms with Crippen molar-refractivity contribution in [3.63, 3.8) is 0 Å². The van der Waals surface area contributed by atoms with Crippen molar-refractivity contribution in [3.05, 3.63) is 35.0 Å². The second-order valence-corrected chi connectivity index (χ2v) is 3.44. The highest BCUT2D eigenvalue weighted by atomic mass is 35.5. The van der Waals surface area contributed by atoms with Crippen LogP contribution < -0.4 is 5.73 Å². The third-order valence-electron chi connectivity index (χ3n) is 2.08. The maximum Gasteiger partial charge on any atom is 0.0893 e. The first-order chi connectivity index (χ1) is 6.72. The molecule has 0 saturated carbocycles. The van der Waals surface area contributed by atoms with E-state index in [0.29, 0.717) is 16.2 Å². The van der Waals surface area contributed by atoms with Crippen LogP contribution in [0.25, 0.3) is 10.9 Å². The lowest BCUT2D eigenvalue weighted by Gasteiger charge is -2.05. The minimum atomic E-state index is -0.0429. The molecule has 14 heavy (non-hydrogen) atoms. The van der Waals surface area contributed by atoms with Crippen LogP contribution in [0, 0.1) is 0 Å². The number of nitrogen functional groups attached to an aromatic ring is 1. The van der Waals surface area contributed by atoms with E-state index in [2.05, 4.69) is 4.98 Å². The minimum absolute atomic E-state index is 0.0429. The molecule has 0 aliphatic heterocycles. The summed E-state index contributed by atoms with van der Waals surface area (Å²) in [4.78, 5) is 4.12. The Balaban J connectivity index is 2.85. The maximum atomic E-state index is 9.11. The van der Waals surface area contributed by atoms with Crippen molar-refractivity contribution >= 4 is 28.2 Å². The monoisotopic (exact) mass is 208 g/mol. The maximum absolute atomic E-state index is 9.11. The molecule has 3 N–H and O–H groups in total. The van der Waals surface area contributed by atoms with Gasteiger partial charge < -0.3 is 10.8 Å². The highest BCUT2D eigenvalue weighted by Crippen LogP contribution is 2.26. The van der Waals surface area contributed by atoms with E-state index in [9.17, 15) is 0 Å². The van der Waals surface area contributed by atoms with Gasteiger partial charge in [0, 0.05) is 5.39 Å². The third-order valence-corrected chi connectivity index (χ3v) is 2.39. The molecule has 1 heterocycles. The van der Waals surface area contributed by atoms with Gasteiger partial charge in [0.2, 0.25) is 0 Å². The van der Waals surface area contributed by atoms with Crippen molar-refractivity contribution in [2.24, 2.45) is 0 Å². The number of pyridine rings is 1. The lowest BCUT2D eigenvalue weighted by Crippen LogP contribution is -1.92. The molecule has 0 aliphatic rings. The van der Waals surface area contributed by atoms with Crippen molar-refractivity contribution < 1.29 is 5.11 Å². The molecule has 2 aromatic rings. The van der Waals surface area contributed by atoms with E-state index in [4.69, 9.17) is 22.4 Å². The molecular formula is C10H9ClN2O. The van der Waals surface area contributed by atoms with E-state index in [1.54, 1.807) is 24.4 Å². The molecule has 3 nitrogen and oxygen atoms in total. The number of hydrogen-bond acceptors (Lipinski definition) is 3. The normalized spacial score (nSPS) is 10.7. The molecule has 2 rings (SSSR count). The predicted molar refractivity (Wildman–Crippen MR) is 57.1 cm³/mol. The van der Waals surface area contributed by atoms with Crippen LogP contribution in [0.3, 0.4) is 0 Å². The van der Waals surface area contributed by atoms with Crippen LogP contribution in [0.4, 0.5) is 5.69 Å². The topological polar surface area (TPSA) is 59.1 Å². The van der Waals surface area contributed by atoms with E-state index in [1.807, 2.05) is 0 Å². The van der Waals surface area contributed by atoms with Crippen molar-refractivity contribution in [2.45, 2.75) is 6.61 Å². The molecule has 0 unspecified atom stereocenters. The van der Waals surface area contributed by atoms with E-state index >= 15 is 0 Å². The summed E-state index contributed by atoms with van der Waals surface area (Å²) in [6.07, 6.45) is 1.55. The van der Waals surface area contributed by atoms with Gasteiger partial charge in [-0.2, -0.15) is 0 Å². The number of nitrogens with zero attached hydrogens (tertiary/aromatic N) is 1. The Hall–Kier alpha value is -1.32. The first-order valence-electron chi connectivity index (χ1n) is 4.16. The number of rotatable bonds is 1. The van der Waals surface area contributed by atoms with Gasteiger partial charge in [0.25, 0.3) is 0 Å². The summed E-state index contributed by atoms with van der Waals surface area (Å²) < 4.78 is 0. The van der Waals surface area contributed by atoms with Crippen molar-refractivity contribution in [1.82, 2.24) is 4.98 Å². The number of fused-ring (bicyclic) bond motifs is 1. The van der Waals surface area contributed by atoms with Gasteiger partial charge >= 0.3 is 0 Å². The first-order valence-corrected chi connectivity index (χ1v) is 4.53. The zero-order valence-corrected chi connectivity index (χ0v) is 8.12.